The molecule has 2 aromatic rings. The molecule has 2 N–H and O–H groups in total. The number of benzene rings is 1. The predicted molar refractivity (Wildman–Crippen MR) is 83.7 cm³/mol. The molecule has 0 aliphatic heterocycles. The van der Waals surface area contributed by atoms with Crippen molar-refractivity contribution < 1.29 is 9.47 Å². The summed E-state index contributed by atoms with van der Waals surface area (Å²) in [5, 5.41) is 0. The van der Waals surface area contributed by atoms with Crippen LogP contribution >= 0.6 is 0 Å². The number of aromatic nitrogens is 2. The van der Waals surface area contributed by atoms with Crippen molar-refractivity contribution in [2.75, 3.05) is 13.7 Å². The molecule has 1 heterocycles. The van der Waals surface area contributed by atoms with Crippen molar-refractivity contribution in [2.24, 2.45) is 5.73 Å². The second-order valence-electron chi connectivity index (χ2n) is 4.84. The van der Waals surface area contributed by atoms with Crippen molar-refractivity contribution in [1.29, 1.82) is 0 Å². The Bertz CT molecular complexity index is 606. The van der Waals surface area contributed by atoms with Crippen molar-refractivity contribution in [3.05, 3.63) is 30.1 Å². The number of nitrogens with zero attached hydrogens (tertiary/aromatic N) is 2. The number of imidazole rings is 1. The van der Waals surface area contributed by atoms with Gasteiger partial charge in [-0.3, -0.25) is 0 Å². The SMILES string of the molecule is CCOc1cc(-c2ncc(C(C)N)n2CC)ccc1OC. The number of hydrogen-bond acceptors (Lipinski definition) is 4. The first-order chi connectivity index (χ1) is 10.1. The fourth-order valence-corrected chi connectivity index (χ4v) is 2.40. The summed E-state index contributed by atoms with van der Waals surface area (Å²) in [5.41, 5.74) is 8.02. The standard InChI is InChI=1S/C16H23N3O2/c1-5-19-13(11(3)17)10-18-16(19)12-7-8-14(20-4)15(9-12)21-6-2/h7-11H,5-6,17H2,1-4H3. The fourth-order valence-electron chi connectivity index (χ4n) is 2.40. The van der Waals surface area contributed by atoms with E-state index in [2.05, 4.69) is 16.5 Å². The van der Waals surface area contributed by atoms with Crippen LogP contribution in [0.15, 0.2) is 24.4 Å². The highest BCUT2D eigenvalue weighted by Gasteiger charge is 2.15. The first kappa shape index (κ1) is 15.4. The van der Waals surface area contributed by atoms with Crippen molar-refractivity contribution in [3.63, 3.8) is 0 Å². The highest BCUT2D eigenvalue weighted by atomic mass is 16.5. The molecule has 1 unspecified atom stereocenters. The Morgan fingerprint density at radius 2 is 2.05 bits per heavy atom. The summed E-state index contributed by atoms with van der Waals surface area (Å²) in [6.45, 7) is 7.42. The lowest BCUT2D eigenvalue weighted by molar-refractivity contribution is 0.311. The number of rotatable bonds is 6. The third kappa shape index (κ3) is 3.03. The Morgan fingerprint density at radius 3 is 2.62 bits per heavy atom. The van der Waals surface area contributed by atoms with Crippen LogP contribution in [0.25, 0.3) is 11.4 Å². The average molecular weight is 289 g/mol. The van der Waals surface area contributed by atoms with E-state index in [1.165, 1.54) is 0 Å². The van der Waals surface area contributed by atoms with Crippen LogP contribution in [0.1, 0.15) is 32.5 Å². The van der Waals surface area contributed by atoms with E-state index in [9.17, 15) is 0 Å². The molecule has 0 aliphatic carbocycles. The summed E-state index contributed by atoms with van der Waals surface area (Å²) in [4.78, 5) is 4.52. The maximum absolute atomic E-state index is 6.00. The molecule has 1 aromatic carbocycles. The van der Waals surface area contributed by atoms with E-state index in [0.29, 0.717) is 6.61 Å². The largest absolute Gasteiger partial charge is 0.493 e. The maximum atomic E-state index is 6.00. The third-order valence-electron chi connectivity index (χ3n) is 3.39. The van der Waals surface area contributed by atoms with Crippen LogP contribution in [0.5, 0.6) is 11.5 Å². The van der Waals surface area contributed by atoms with Crippen LogP contribution in [0.3, 0.4) is 0 Å². The van der Waals surface area contributed by atoms with Crippen molar-refractivity contribution in [3.8, 4) is 22.9 Å². The molecular formula is C16H23N3O2. The Hall–Kier alpha value is -2.01. The second-order valence-corrected chi connectivity index (χ2v) is 4.84. The van der Waals surface area contributed by atoms with E-state index < -0.39 is 0 Å². The molecule has 2 rings (SSSR count). The molecule has 0 radical (unpaired) electrons. The summed E-state index contributed by atoms with van der Waals surface area (Å²) < 4.78 is 13.1. The Balaban J connectivity index is 2.49. The van der Waals surface area contributed by atoms with Gasteiger partial charge in [-0.05, 0) is 39.0 Å². The molecule has 0 bridgehead atoms. The van der Waals surface area contributed by atoms with E-state index in [0.717, 1.165) is 35.1 Å². The van der Waals surface area contributed by atoms with Crippen LogP contribution in [0.4, 0.5) is 0 Å². The minimum Gasteiger partial charge on any atom is -0.493 e. The normalized spacial score (nSPS) is 12.2. The quantitative estimate of drug-likeness (QED) is 0.888. The zero-order valence-electron chi connectivity index (χ0n) is 13.1. The number of hydrogen-bond donors (Lipinski definition) is 1. The lowest BCUT2D eigenvalue weighted by atomic mass is 10.2. The van der Waals surface area contributed by atoms with Crippen molar-refractivity contribution in [1.82, 2.24) is 9.55 Å². The first-order valence-corrected chi connectivity index (χ1v) is 7.24. The molecular weight excluding hydrogens is 266 g/mol. The Kier molecular flexibility index (Phi) is 4.85. The third-order valence-corrected chi connectivity index (χ3v) is 3.39. The van der Waals surface area contributed by atoms with Crippen LogP contribution in [0.2, 0.25) is 0 Å². The van der Waals surface area contributed by atoms with Gasteiger partial charge in [0, 0.05) is 18.2 Å². The molecule has 1 aromatic heterocycles. The van der Waals surface area contributed by atoms with Crippen LogP contribution in [0, 0.1) is 0 Å². The maximum Gasteiger partial charge on any atom is 0.161 e. The summed E-state index contributed by atoms with van der Waals surface area (Å²) in [6, 6.07) is 5.80. The zero-order valence-corrected chi connectivity index (χ0v) is 13.1. The van der Waals surface area contributed by atoms with Gasteiger partial charge in [-0.15, -0.1) is 0 Å². The molecule has 0 spiro atoms. The van der Waals surface area contributed by atoms with Gasteiger partial charge in [0.25, 0.3) is 0 Å². The molecule has 114 valence electrons. The molecule has 0 saturated heterocycles. The van der Waals surface area contributed by atoms with E-state index in [1.54, 1.807) is 7.11 Å². The van der Waals surface area contributed by atoms with Crippen LogP contribution < -0.4 is 15.2 Å². The topological polar surface area (TPSA) is 62.3 Å². The van der Waals surface area contributed by atoms with E-state index >= 15 is 0 Å². The Labute approximate surface area is 125 Å². The number of ether oxygens (including phenoxy) is 2. The van der Waals surface area contributed by atoms with Gasteiger partial charge in [-0.25, -0.2) is 4.98 Å². The molecule has 0 aliphatic rings. The molecule has 0 saturated carbocycles. The van der Waals surface area contributed by atoms with Gasteiger partial charge in [-0.2, -0.15) is 0 Å². The van der Waals surface area contributed by atoms with Gasteiger partial charge in [-0.1, -0.05) is 0 Å². The predicted octanol–water partition coefficient (Wildman–Crippen LogP) is 3.00. The van der Waals surface area contributed by atoms with E-state index in [-0.39, 0.29) is 6.04 Å². The highest BCUT2D eigenvalue weighted by Crippen LogP contribution is 2.32. The molecule has 1 atom stereocenters. The van der Waals surface area contributed by atoms with Gasteiger partial charge in [0.05, 0.1) is 25.6 Å². The van der Waals surface area contributed by atoms with E-state index in [1.807, 2.05) is 38.2 Å². The van der Waals surface area contributed by atoms with E-state index in [4.69, 9.17) is 15.2 Å². The lowest BCUT2D eigenvalue weighted by Crippen LogP contribution is -2.12. The molecule has 21 heavy (non-hydrogen) atoms. The summed E-state index contributed by atoms with van der Waals surface area (Å²) in [7, 11) is 1.64. The minimum atomic E-state index is -0.0455. The second kappa shape index (κ2) is 6.63. The fraction of sp³-hybridized carbons (Fsp3) is 0.438. The minimum absolute atomic E-state index is 0.0455. The molecule has 5 nitrogen and oxygen atoms in total. The number of nitrogens with two attached hydrogens (primary N) is 1. The first-order valence-electron chi connectivity index (χ1n) is 7.24. The smallest absolute Gasteiger partial charge is 0.161 e. The molecule has 5 heteroatoms. The van der Waals surface area contributed by atoms with Gasteiger partial charge in [0.2, 0.25) is 0 Å². The summed E-state index contributed by atoms with van der Waals surface area (Å²) in [5.74, 6) is 2.35. The lowest BCUT2D eigenvalue weighted by Gasteiger charge is -2.14. The van der Waals surface area contributed by atoms with Gasteiger partial charge in [0.15, 0.2) is 11.5 Å². The van der Waals surface area contributed by atoms with Gasteiger partial charge in [0.1, 0.15) is 5.82 Å². The summed E-state index contributed by atoms with van der Waals surface area (Å²) in [6.07, 6.45) is 1.84. The van der Waals surface area contributed by atoms with Crippen LogP contribution in [-0.2, 0) is 6.54 Å². The highest BCUT2D eigenvalue weighted by molar-refractivity contribution is 5.62. The molecule has 0 fully saturated rings. The summed E-state index contributed by atoms with van der Waals surface area (Å²) >= 11 is 0. The Morgan fingerprint density at radius 1 is 1.29 bits per heavy atom. The van der Waals surface area contributed by atoms with Crippen molar-refractivity contribution >= 4 is 0 Å². The van der Waals surface area contributed by atoms with Gasteiger partial charge < -0.3 is 19.8 Å². The van der Waals surface area contributed by atoms with Gasteiger partial charge >= 0.3 is 0 Å². The average Bonchev–Trinajstić information content (AvgIpc) is 2.91. The number of methoxy groups -OCH3 is 1. The van der Waals surface area contributed by atoms with Crippen LogP contribution in [-0.4, -0.2) is 23.3 Å². The van der Waals surface area contributed by atoms with Crippen molar-refractivity contribution in [2.45, 2.75) is 33.4 Å². The molecule has 0 amide bonds. The monoisotopic (exact) mass is 289 g/mol. The zero-order chi connectivity index (χ0) is 15.4.